The molecule has 9 nitrogen and oxygen atoms in total. The van der Waals surface area contributed by atoms with E-state index in [1.54, 1.807) is 6.07 Å². The fourth-order valence-corrected chi connectivity index (χ4v) is 2.56. The minimum atomic E-state index is -1.15. The minimum absolute atomic E-state index is 0.0652. The van der Waals surface area contributed by atoms with Gasteiger partial charge in [0.2, 0.25) is 6.79 Å². The van der Waals surface area contributed by atoms with Gasteiger partial charge in [-0.2, -0.15) is 0 Å². The van der Waals surface area contributed by atoms with Crippen molar-refractivity contribution in [1.29, 1.82) is 0 Å². The van der Waals surface area contributed by atoms with Gasteiger partial charge < -0.3 is 19.9 Å². The number of nitrogens with zero attached hydrogens (tertiary/aromatic N) is 1. The predicted octanol–water partition coefficient (Wildman–Crippen LogP) is 2.27. The summed E-state index contributed by atoms with van der Waals surface area (Å²) in [5, 5.41) is 22.6. The summed E-state index contributed by atoms with van der Waals surface area (Å²) in [4.78, 5) is 34.0. The van der Waals surface area contributed by atoms with Gasteiger partial charge in [-0.15, -0.1) is 0 Å². The molecule has 134 valence electrons. The average molecular weight is 358 g/mol. The summed E-state index contributed by atoms with van der Waals surface area (Å²) in [6.07, 6.45) is -0.419. The zero-order valence-corrected chi connectivity index (χ0v) is 13.4. The van der Waals surface area contributed by atoms with Crippen LogP contribution in [0.5, 0.6) is 11.5 Å². The molecule has 0 aromatic heterocycles. The number of carbonyl (C=O) groups is 2. The highest BCUT2D eigenvalue weighted by Crippen LogP contribution is 2.32. The minimum Gasteiger partial charge on any atom is -0.481 e. The van der Waals surface area contributed by atoms with Gasteiger partial charge in [0, 0.05) is 17.7 Å². The van der Waals surface area contributed by atoms with Crippen LogP contribution in [-0.2, 0) is 4.79 Å². The van der Waals surface area contributed by atoms with E-state index >= 15 is 0 Å². The second kappa shape index (κ2) is 7.09. The van der Waals surface area contributed by atoms with Crippen molar-refractivity contribution in [3.05, 3.63) is 63.7 Å². The van der Waals surface area contributed by atoms with Crippen molar-refractivity contribution >= 4 is 17.6 Å². The van der Waals surface area contributed by atoms with Crippen molar-refractivity contribution in [2.45, 2.75) is 12.5 Å². The summed E-state index contributed by atoms with van der Waals surface area (Å²) in [6, 6.07) is 9.17. The molecular weight excluding hydrogens is 344 g/mol. The van der Waals surface area contributed by atoms with Crippen LogP contribution in [0.2, 0.25) is 0 Å². The van der Waals surface area contributed by atoms with Crippen LogP contribution in [-0.4, -0.2) is 28.7 Å². The van der Waals surface area contributed by atoms with E-state index in [1.807, 2.05) is 0 Å². The molecule has 0 aliphatic carbocycles. The third-order valence-corrected chi connectivity index (χ3v) is 3.80. The zero-order valence-electron chi connectivity index (χ0n) is 13.4. The lowest BCUT2D eigenvalue weighted by Gasteiger charge is -2.17. The molecule has 2 N–H and O–H groups in total. The van der Waals surface area contributed by atoms with E-state index in [1.165, 1.54) is 36.4 Å². The molecule has 0 bridgehead atoms. The highest BCUT2D eigenvalue weighted by atomic mass is 16.7. The van der Waals surface area contributed by atoms with Gasteiger partial charge in [-0.25, -0.2) is 0 Å². The number of benzene rings is 2. The number of hydrogen-bond donors (Lipinski definition) is 2. The van der Waals surface area contributed by atoms with Gasteiger partial charge in [0.15, 0.2) is 11.5 Å². The molecule has 1 amide bonds. The van der Waals surface area contributed by atoms with E-state index in [0.29, 0.717) is 17.1 Å². The maximum Gasteiger partial charge on any atom is 0.305 e. The van der Waals surface area contributed by atoms with Crippen molar-refractivity contribution in [2.24, 2.45) is 0 Å². The van der Waals surface area contributed by atoms with Crippen LogP contribution in [0.3, 0.4) is 0 Å². The number of nitrogens with one attached hydrogen (secondary N) is 1. The first-order valence-corrected chi connectivity index (χ1v) is 7.60. The van der Waals surface area contributed by atoms with Crippen LogP contribution in [0.4, 0.5) is 5.69 Å². The largest absolute Gasteiger partial charge is 0.481 e. The molecule has 1 atom stereocenters. The second-order valence-electron chi connectivity index (χ2n) is 5.54. The summed E-state index contributed by atoms with van der Waals surface area (Å²) in [5.41, 5.74) is 0.404. The Morgan fingerprint density at radius 2 is 1.96 bits per heavy atom. The van der Waals surface area contributed by atoms with E-state index < -0.39 is 29.3 Å². The van der Waals surface area contributed by atoms with Crippen LogP contribution in [0.25, 0.3) is 0 Å². The smallest absolute Gasteiger partial charge is 0.305 e. The standard InChI is InChI=1S/C17H14N2O7/c20-16(21)8-13(10-2-1-3-12(6-10)19(23)24)18-17(22)11-4-5-14-15(7-11)26-9-25-14/h1-7,13H,8-9H2,(H,18,22)(H,20,21)/t13-/m0/s1. The number of ether oxygens (including phenoxy) is 2. The van der Waals surface area contributed by atoms with E-state index in [9.17, 15) is 19.7 Å². The van der Waals surface area contributed by atoms with Gasteiger partial charge in [-0.3, -0.25) is 19.7 Å². The molecular formula is C17H14N2O7. The van der Waals surface area contributed by atoms with Gasteiger partial charge in [0.1, 0.15) is 0 Å². The number of hydrogen-bond acceptors (Lipinski definition) is 6. The first-order chi connectivity index (χ1) is 12.4. The van der Waals surface area contributed by atoms with Crippen LogP contribution >= 0.6 is 0 Å². The molecule has 3 rings (SSSR count). The highest BCUT2D eigenvalue weighted by Gasteiger charge is 2.22. The summed E-state index contributed by atoms with van der Waals surface area (Å²) in [5.74, 6) is -0.737. The van der Waals surface area contributed by atoms with E-state index in [4.69, 9.17) is 14.6 Å². The van der Waals surface area contributed by atoms with Gasteiger partial charge in [-0.05, 0) is 23.8 Å². The molecule has 9 heteroatoms. The maximum atomic E-state index is 12.5. The number of non-ortho nitro benzene ring substituents is 1. The molecule has 2 aromatic rings. The molecule has 26 heavy (non-hydrogen) atoms. The molecule has 0 unspecified atom stereocenters. The molecule has 0 fully saturated rings. The van der Waals surface area contributed by atoms with Crippen LogP contribution in [0.15, 0.2) is 42.5 Å². The number of carbonyl (C=O) groups excluding carboxylic acids is 1. The molecule has 0 radical (unpaired) electrons. The molecule has 0 spiro atoms. The maximum absolute atomic E-state index is 12.5. The van der Waals surface area contributed by atoms with Gasteiger partial charge >= 0.3 is 5.97 Å². The number of nitro benzene ring substituents is 1. The summed E-state index contributed by atoms with van der Waals surface area (Å²) < 4.78 is 10.4. The van der Waals surface area contributed by atoms with Crippen LogP contribution in [0, 0.1) is 10.1 Å². The number of rotatable bonds is 6. The van der Waals surface area contributed by atoms with Crippen molar-refractivity contribution in [3.63, 3.8) is 0 Å². The van der Waals surface area contributed by atoms with E-state index in [-0.39, 0.29) is 18.0 Å². The lowest BCUT2D eigenvalue weighted by Crippen LogP contribution is -2.30. The van der Waals surface area contributed by atoms with Crippen molar-refractivity contribution in [1.82, 2.24) is 5.32 Å². The molecule has 0 saturated carbocycles. The normalized spacial score (nSPS) is 13.1. The Balaban J connectivity index is 1.84. The molecule has 1 aliphatic rings. The first kappa shape index (κ1) is 17.2. The molecule has 2 aromatic carbocycles. The number of carboxylic acids is 1. The SMILES string of the molecule is O=C(O)C[C@H](NC(=O)c1ccc2c(c1)OCO2)c1cccc([N+](=O)[O-])c1. The zero-order chi connectivity index (χ0) is 18.7. The van der Waals surface area contributed by atoms with Gasteiger partial charge in [-0.1, -0.05) is 12.1 Å². The van der Waals surface area contributed by atoms with Crippen molar-refractivity contribution < 1.29 is 29.1 Å². The fourth-order valence-electron chi connectivity index (χ4n) is 2.56. The first-order valence-electron chi connectivity index (χ1n) is 7.60. The van der Waals surface area contributed by atoms with Crippen LogP contribution in [0.1, 0.15) is 28.4 Å². The van der Waals surface area contributed by atoms with E-state index in [2.05, 4.69) is 5.32 Å². The Kier molecular flexibility index (Phi) is 4.70. The highest BCUT2D eigenvalue weighted by molar-refractivity contribution is 5.95. The third kappa shape index (κ3) is 3.72. The number of fused-ring (bicyclic) bond motifs is 1. The molecule has 1 heterocycles. The monoisotopic (exact) mass is 358 g/mol. The summed E-state index contributed by atoms with van der Waals surface area (Å²) in [6.45, 7) is 0.0652. The Hall–Kier alpha value is -3.62. The number of aliphatic carboxylic acids is 1. The predicted molar refractivity (Wildman–Crippen MR) is 88.1 cm³/mol. The molecule has 1 aliphatic heterocycles. The number of amides is 1. The Labute approximate surface area is 147 Å². The molecule has 0 saturated heterocycles. The Bertz CT molecular complexity index is 881. The lowest BCUT2D eigenvalue weighted by atomic mass is 10.0. The average Bonchev–Trinajstić information content (AvgIpc) is 3.08. The summed E-state index contributed by atoms with van der Waals surface area (Å²) in [7, 11) is 0. The summed E-state index contributed by atoms with van der Waals surface area (Å²) >= 11 is 0. The second-order valence-corrected chi connectivity index (χ2v) is 5.54. The number of carboxylic acid groups (broad SMARTS) is 1. The van der Waals surface area contributed by atoms with Gasteiger partial charge in [0.05, 0.1) is 17.4 Å². The third-order valence-electron chi connectivity index (χ3n) is 3.80. The fraction of sp³-hybridized carbons (Fsp3) is 0.176. The van der Waals surface area contributed by atoms with Crippen LogP contribution < -0.4 is 14.8 Å². The Morgan fingerprint density at radius 3 is 2.69 bits per heavy atom. The van der Waals surface area contributed by atoms with Crippen molar-refractivity contribution in [2.75, 3.05) is 6.79 Å². The van der Waals surface area contributed by atoms with E-state index in [0.717, 1.165) is 0 Å². The topological polar surface area (TPSA) is 128 Å². The lowest BCUT2D eigenvalue weighted by molar-refractivity contribution is -0.384. The Morgan fingerprint density at radius 1 is 1.19 bits per heavy atom. The van der Waals surface area contributed by atoms with Crippen molar-refractivity contribution in [3.8, 4) is 11.5 Å². The number of nitro groups is 1. The van der Waals surface area contributed by atoms with Gasteiger partial charge in [0.25, 0.3) is 11.6 Å². The quantitative estimate of drug-likeness (QED) is 0.599.